The highest BCUT2D eigenvalue weighted by Gasteiger charge is 2.51. The average Bonchev–Trinajstić information content (AvgIpc) is 1.55. The zero-order chi connectivity index (χ0) is 66.5. The van der Waals surface area contributed by atoms with Gasteiger partial charge in [-0.2, -0.15) is 0 Å². The van der Waals surface area contributed by atoms with Crippen molar-refractivity contribution in [2.75, 3.05) is 39.5 Å². The van der Waals surface area contributed by atoms with Gasteiger partial charge < -0.3 is 43.2 Å². The van der Waals surface area contributed by atoms with E-state index in [9.17, 15) is 19.9 Å². The normalized spacial score (nSPS) is 15.2. The van der Waals surface area contributed by atoms with Crippen LogP contribution in [0.1, 0.15) is 129 Å². The standard InChI is InChI=1S/C75H92N6O11Si/c1-10-46-87-69(82)38-24-37-67(72(85)80-44-25-28-56(80)50-91-93(75(7,8)9,58-29-16-12-17-30-58)59-31-18-13-19-32-59)81(71(84)66(47-53(2)3)77-73(86)90-51-64-62-35-22-20-33-60(62)61-34-21-23-36-63(61)64)45-43-68(89-52-70(83)92-74(4,5)6)65(78-79-76)48-54-39-41-57(42-40-54)88-49-55-26-14-11-15-27-55/h10-23,26-27,29-36,39-42,53,56,64-68H,1,24-25,28,37-38,43-52H2,2-9H3,(H,77,86)/t56-,65-,66-,67-,68?/m0/s1. The number of esters is 2. The van der Waals surface area contributed by atoms with Crippen LogP contribution in [0.25, 0.3) is 21.6 Å². The van der Waals surface area contributed by atoms with Gasteiger partial charge in [-0.1, -0.05) is 204 Å². The minimum Gasteiger partial charge on any atom is -0.489 e. The van der Waals surface area contributed by atoms with E-state index in [1.165, 1.54) is 11.0 Å². The van der Waals surface area contributed by atoms with Gasteiger partial charge in [-0.3, -0.25) is 14.4 Å². The predicted octanol–water partition coefficient (Wildman–Crippen LogP) is 13.2. The Bertz CT molecular complexity index is 3400. The summed E-state index contributed by atoms with van der Waals surface area (Å²) in [6.07, 6.45) is 1.17. The highest BCUT2D eigenvalue weighted by molar-refractivity contribution is 6.99. The van der Waals surface area contributed by atoms with Crippen molar-refractivity contribution in [3.05, 3.63) is 209 Å². The van der Waals surface area contributed by atoms with Crippen molar-refractivity contribution in [2.45, 2.75) is 160 Å². The fourth-order valence-electron chi connectivity index (χ4n) is 12.9. The second-order valence-electron chi connectivity index (χ2n) is 26.5. The number of azide groups is 1. The topological polar surface area (TPSA) is 208 Å². The van der Waals surface area contributed by atoms with Crippen LogP contribution in [-0.2, 0) is 55.6 Å². The van der Waals surface area contributed by atoms with E-state index in [2.05, 4.69) is 79.1 Å². The average molecular weight is 1280 g/mol. The zero-order valence-electron chi connectivity index (χ0n) is 55.2. The SMILES string of the molecule is C=CCOC(=O)CCC[C@@H](C(=O)N1CCC[C@H]1CO[Si](c1ccccc1)(c1ccccc1)C(C)(C)C)N(CCC(OCC(=O)OC(C)(C)C)[C@H](Cc1ccc(OCc2ccccc2)cc1)N=[N+]=[N-])C(=O)[C@H](CC(C)C)NC(=O)OCC1c2ccccc2-c2ccccc21. The van der Waals surface area contributed by atoms with Gasteiger partial charge in [0.25, 0.3) is 8.32 Å². The molecule has 1 aliphatic carbocycles. The number of ether oxygens (including phenoxy) is 5. The molecule has 1 saturated heterocycles. The summed E-state index contributed by atoms with van der Waals surface area (Å²) in [5, 5.41) is 9.05. The third-order valence-corrected chi connectivity index (χ3v) is 22.1. The number of nitrogens with one attached hydrogen (secondary N) is 1. The monoisotopic (exact) mass is 1280 g/mol. The molecule has 6 aromatic rings. The molecule has 18 heteroatoms. The van der Waals surface area contributed by atoms with Crippen molar-refractivity contribution < 1.29 is 52.1 Å². The van der Waals surface area contributed by atoms with E-state index in [0.717, 1.165) is 43.8 Å². The number of nitrogens with zero attached hydrogens (tertiary/aromatic N) is 5. The maximum Gasteiger partial charge on any atom is 0.407 e. The fourth-order valence-corrected chi connectivity index (χ4v) is 17.5. The zero-order valence-corrected chi connectivity index (χ0v) is 56.2. The van der Waals surface area contributed by atoms with Crippen molar-refractivity contribution in [1.82, 2.24) is 15.1 Å². The number of amides is 3. The molecule has 492 valence electrons. The molecule has 0 saturated carbocycles. The van der Waals surface area contributed by atoms with Gasteiger partial charge in [-0.05, 0) is 138 Å². The van der Waals surface area contributed by atoms with Crippen LogP contribution in [0.3, 0.4) is 0 Å². The number of fused-ring (bicyclic) bond motifs is 3. The van der Waals surface area contributed by atoms with Gasteiger partial charge >= 0.3 is 18.0 Å². The summed E-state index contributed by atoms with van der Waals surface area (Å²) < 4.78 is 37.4. The Morgan fingerprint density at radius 2 is 1.35 bits per heavy atom. The lowest BCUT2D eigenvalue weighted by Gasteiger charge is -2.44. The Kier molecular flexibility index (Phi) is 25.2. The minimum absolute atomic E-state index is 0.00573. The largest absolute Gasteiger partial charge is 0.489 e. The third-order valence-electron chi connectivity index (χ3n) is 17.1. The first-order chi connectivity index (χ1) is 44.7. The molecule has 17 nitrogen and oxygen atoms in total. The van der Waals surface area contributed by atoms with Gasteiger partial charge in [0, 0.05) is 30.3 Å². The summed E-state index contributed by atoms with van der Waals surface area (Å²) in [5.74, 6) is -1.91. The lowest BCUT2D eigenvalue weighted by Crippen LogP contribution is -2.67. The van der Waals surface area contributed by atoms with Crippen LogP contribution in [0.15, 0.2) is 182 Å². The van der Waals surface area contributed by atoms with Gasteiger partial charge in [-0.25, -0.2) is 9.59 Å². The van der Waals surface area contributed by atoms with Crippen molar-refractivity contribution in [1.29, 1.82) is 0 Å². The Balaban J connectivity index is 1.16. The number of likely N-dealkylation sites (tertiary alicyclic amines) is 1. The Morgan fingerprint density at radius 3 is 1.94 bits per heavy atom. The van der Waals surface area contributed by atoms with E-state index in [4.69, 9.17) is 28.1 Å². The highest BCUT2D eigenvalue weighted by atomic mass is 28.4. The van der Waals surface area contributed by atoms with E-state index in [0.29, 0.717) is 31.7 Å². The van der Waals surface area contributed by atoms with Gasteiger partial charge in [0.2, 0.25) is 11.8 Å². The molecular formula is C75H92N6O11Si. The molecule has 1 aliphatic heterocycles. The number of hydrogen-bond donors (Lipinski definition) is 1. The quantitative estimate of drug-likeness (QED) is 0.00799. The van der Waals surface area contributed by atoms with Crippen LogP contribution in [0.5, 0.6) is 5.75 Å². The summed E-state index contributed by atoms with van der Waals surface area (Å²) in [5.41, 5.74) is 15.3. The van der Waals surface area contributed by atoms with Crippen molar-refractivity contribution in [3.8, 4) is 16.9 Å². The van der Waals surface area contributed by atoms with Gasteiger partial charge in [0.15, 0.2) is 0 Å². The van der Waals surface area contributed by atoms with E-state index in [1.54, 1.807) is 20.8 Å². The molecular weight excluding hydrogens is 1190 g/mol. The van der Waals surface area contributed by atoms with Crippen LogP contribution >= 0.6 is 0 Å². The molecule has 0 spiro atoms. The molecule has 1 unspecified atom stereocenters. The molecule has 1 heterocycles. The minimum atomic E-state index is -3.11. The number of rotatable bonds is 32. The maximum absolute atomic E-state index is 16.2. The van der Waals surface area contributed by atoms with Crippen molar-refractivity contribution >= 4 is 48.5 Å². The van der Waals surface area contributed by atoms with E-state index in [-0.39, 0.29) is 87.7 Å². The third kappa shape index (κ3) is 19.1. The number of carbonyl (C=O) groups is 5. The Hall–Kier alpha value is -8.54. The number of carbonyl (C=O) groups excluding carboxylic acids is 5. The summed E-state index contributed by atoms with van der Waals surface area (Å²) >= 11 is 0. The summed E-state index contributed by atoms with van der Waals surface area (Å²) in [7, 11) is -3.11. The molecule has 2 aliphatic rings. The van der Waals surface area contributed by atoms with Crippen molar-refractivity contribution in [3.63, 3.8) is 0 Å². The predicted molar refractivity (Wildman–Crippen MR) is 364 cm³/mol. The molecule has 8 rings (SSSR count). The van der Waals surface area contributed by atoms with Crippen LogP contribution in [-0.4, -0.2) is 123 Å². The molecule has 0 aromatic heterocycles. The number of alkyl carbamates (subject to hydrolysis) is 1. The molecule has 6 aromatic carbocycles. The van der Waals surface area contributed by atoms with Crippen molar-refractivity contribution in [2.24, 2.45) is 11.0 Å². The van der Waals surface area contributed by atoms with Gasteiger partial charge in [-0.15, -0.1) is 0 Å². The summed E-state index contributed by atoms with van der Waals surface area (Å²) in [6, 6.07) is 50.0. The first-order valence-corrected chi connectivity index (χ1v) is 34.5. The van der Waals surface area contributed by atoms with Crippen LogP contribution < -0.4 is 20.4 Å². The van der Waals surface area contributed by atoms with Crippen LogP contribution in [0, 0.1) is 5.92 Å². The Morgan fingerprint density at radius 1 is 0.753 bits per heavy atom. The fraction of sp³-hybridized carbons (Fsp3) is 0.427. The van der Waals surface area contributed by atoms with Gasteiger partial charge in [0.1, 0.15) is 49.9 Å². The second-order valence-corrected chi connectivity index (χ2v) is 30.8. The smallest absolute Gasteiger partial charge is 0.407 e. The number of benzene rings is 6. The number of hydrogen-bond acceptors (Lipinski definition) is 12. The first-order valence-electron chi connectivity index (χ1n) is 32.6. The highest BCUT2D eigenvalue weighted by Crippen LogP contribution is 2.45. The lowest BCUT2D eigenvalue weighted by atomic mass is 9.97. The molecule has 1 N–H and O–H groups in total. The maximum atomic E-state index is 16.2. The molecule has 1 fully saturated rings. The van der Waals surface area contributed by atoms with E-state index >= 15 is 9.59 Å². The lowest BCUT2D eigenvalue weighted by molar-refractivity contribution is -0.163. The summed E-state index contributed by atoms with van der Waals surface area (Å²) in [4.78, 5) is 80.4. The molecule has 93 heavy (non-hydrogen) atoms. The molecule has 5 atom stereocenters. The molecule has 0 bridgehead atoms. The van der Waals surface area contributed by atoms with Crippen LogP contribution in [0.2, 0.25) is 5.04 Å². The van der Waals surface area contributed by atoms with E-state index < -0.39 is 74.7 Å². The second kappa shape index (κ2) is 33.3. The Labute approximate surface area is 549 Å². The first kappa shape index (κ1) is 70.3. The van der Waals surface area contributed by atoms with Gasteiger partial charge in [0.05, 0.1) is 24.8 Å². The summed E-state index contributed by atoms with van der Waals surface area (Å²) in [6.45, 7) is 19.6. The molecule has 0 radical (unpaired) electrons. The van der Waals surface area contributed by atoms with Crippen LogP contribution in [0.4, 0.5) is 4.79 Å². The molecule has 3 amide bonds. The van der Waals surface area contributed by atoms with E-state index in [1.807, 2.05) is 146 Å².